The molecule has 2 aromatic carbocycles. The van der Waals surface area contributed by atoms with Crippen LogP contribution in [0.15, 0.2) is 40.9 Å². The number of methoxy groups -OCH3 is 2. The molecule has 29 heavy (non-hydrogen) atoms. The molecule has 1 amide bonds. The standard InChI is InChI=1S/C21H24BrFN2O4/c1-27-17-4-6-19(28-2)15(11-17)13-24-7-9-25(10-8-24)21(26)14-29-20-5-3-16(23)12-18(20)22/h3-6,11-12H,7-10,13-14H2,1-2H3. The number of rotatable bonds is 7. The van der Waals surface area contributed by atoms with Crippen LogP contribution in [0.1, 0.15) is 5.56 Å². The Morgan fingerprint density at radius 2 is 1.76 bits per heavy atom. The molecule has 0 unspecified atom stereocenters. The van der Waals surface area contributed by atoms with Gasteiger partial charge >= 0.3 is 0 Å². The van der Waals surface area contributed by atoms with Crippen LogP contribution in [-0.2, 0) is 11.3 Å². The van der Waals surface area contributed by atoms with Crippen molar-refractivity contribution in [1.29, 1.82) is 0 Å². The van der Waals surface area contributed by atoms with E-state index < -0.39 is 0 Å². The van der Waals surface area contributed by atoms with Crippen molar-refractivity contribution in [2.75, 3.05) is 47.0 Å². The molecule has 0 radical (unpaired) electrons. The maximum atomic E-state index is 13.1. The molecule has 1 fully saturated rings. The molecule has 1 aliphatic heterocycles. The minimum Gasteiger partial charge on any atom is -0.497 e. The largest absolute Gasteiger partial charge is 0.497 e. The molecule has 2 aromatic rings. The average molecular weight is 467 g/mol. The lowest BCUT2D eigenvalue weighted by Crippen LogP contribution is -2.49. The summed E-state index contributed by atoms with van der Waals surface area (Å²) in [4.78, 5) is 16.5. The second-order valence-corrected chi connectivity index (χ2v) is 7.55. The second kappa shape index (κ2) is 9.93. The Bertz CT molecular complexity index is 857. The van der Waals surface area contributed by atoms with Gasteiger partial charge in [0.1, 0.15) is 23.1 Å². The molecule has 6 nitrogen and oxygen atoms in total. The van der Waals surface area contributed by atoms with E-state index in [1.165, 1.54) is 18.2 Å². The second-order valence-electron chi connectivity index (χ2n) is 6.70. The Hall–Kier alpha value is -2.32. The maximum Gasteiger partial charge on any atom is 0.260 e. The molecule has 0 aliphatic carbocycles. The number of piperazine rings is 1. The topological polar surface area (TPSA) is 51.2 Å². The van der Waals surface area contributed by atoms with Crippen LogP contribution >= 0.6 is 15.9 Å². The third-order valence-corrected chi connectivity index (χ3v) is 5.47. The van der Waals surface area contributed by atoms with Crippen LogP contribution in [0.3, 0.4) is 0 Å². The highest BCUT2D eigenvalue weighted by atomic mass is 79.9. The molecule has 0 spiro atoms. The number of carbonyl (C=O) groups is 1. The molecule has 0 bridgehead atoms. The van der Waals surface area contributed by atoms with E-state index in [1.807, 2.05) is 18.2 Å². The molecule has 0 N–H and O–H groups in total. The molecular weight excluding hydrogens is 443 g/mol. The first-order valence-corrected chi connectivity index (χ1v) is 10.1. The number of ether oxygens (including phenoxy) is 3. The van der Waals surface area contributed by atoms with Gasteiger partial charge in [-0.2, -0.15) is 0 Å². The lowest BCUT2D eigenvalue weighted by atomic mass is 10.1. The number of benzene rings is 2. The van der Waals surface area contributed by atoms with Crippen molar-refractivity contribution in [2.45, 2.75) is 6.54 Å². The first kappa shape index (κ1) is 21.4. The maximum absolute atomic E-state index is 13.1. The summed E-state index contributed by atoms with van der Waals surface area (Å²) in [6, 6.07) is 9.87. The van der Waals surface area contributed by atoms with Crippen LogP contribution in [0.2, 0.25) is 0 Å². The summed E-state index contributed by atoms with van der Waals surface area (Å²) >= 11 is 3.24. The molecule has 1 aliphatic rings. The molecule has 0 atom stereocenters. The molecule has 8 heteroatoms. The van der Waals surface area contributed by atoms with E-state index in [2.05, 4.69) is 20.8 Å². The number of halogens is 2. The van der Waals surface area contributed by atoms with Crippen LogP contribution in [0, 0.1) is 5.82 Å². The highest BCUT2D eigenvalue weighted by molar-refractivity contribution is 9.10. The Morgan fingerprint density at radius 1 is 1.03 bits per heavy atom. The summed E-state index contributed by atoms with van der Waals surface area (Å²) < 4.78 is 29.9. The van der Waals surface area contributed by atoms with Gasteiger partial charge in [-0.1, -0.05) is 0 Å². The zero-order valence-electron chi connectivity index (χ0n) is 16.5. The van der Waals surface area contributed by atoms with Crippen molar-refractivity contribution in [1.82, 2.24) is 9.80 Å². The molecule has 3 rings (SSSR count). The van der Waals surface area contributed by atoms with Gasteiger partial charge in [-0.3, -0.25) is 9.69 Å². The van der Waals surface area contributed by atoms with Crippen molar-refractivity contribution in [3.8, 4) is 17.2 Å². The van der Waals surface area contributed by atoms with Crippen molar-refractivity contribution in [3.05, 3.63) is 52.3 Å². The third-order valence-electron chi connectivity index (χ3n) is 4.85. The quantitative estimate of drug-likeness (QED) is 0.626. The molecular formula is C21H24BrFN2O4. The van der Waals surface area contributed by atoms with Crippen LogP contribution in [0.4, 0.5) is 4.39 Å². The molecule has 156 valence electrons. The lowest BCUT2D eigenvalue weighted by molar-refractivity contribution is -0.135. The SMILES string of the molecule is COc1ccc(OC)c(CN2CCN(C(=O)COc3ccc(F)cc3Br)CC2)c1. The van der Waals surface area contributed by atoms with E-state index in [4.69, 9.17) is 14.2 Å². The normalized spacial score (nSPS) is 14.6. The van der Waals surface area contributed by atoms with Crippen LogP contribution < -0.4 is 14.2 Å². The van der Waals surface area contributed by atoms with E-state index in [0.29, 0.717) is 23.3 Å². The number of nitrogens with zero attached hydrogens (tertiary/aromatic N) is 2. The van der Waals surface area contributed by atoms with Gasteiger partial charge in [0.25, 0.3) is 5.91 Å². The van der Waals surface area contributed by atoms with Gasteiger partial charge in [0, 0.05) is 38.3 Å². The zero-order chi connectivity index (χ0) is 20.8. The monoisotopic (exact) mass is 466 g/mol. The summed E-state index contributed by atoms with van der Waals surface area (Å²) in [5.41, 5.74) is 1.05. The highest BCUT2D eigenvalue weighted by Crippen LogP contribution is 2.26. The Morgan fingerprint density at radius 3 is 2.41 bits per heavy atom. The highest BCUT2D eigenvalue weighted by Gasteiger charge is 2.22. The summed E-state index contributed by atoms with van der Waals surface area (Å²) in [5.74, 6) is 1.61. The Kier molecular flexibility index (Phi) is 7.33. The molecule has 1 heterocycles. The molecule has 0 aromatic heterocycles. The van der Waals surface area contributed by atoms with Gasteiger partial charge < -0.3 is 19.1 Å². The predicted octanol–water partition coefficient (Wildman–Crippen LogP) is 3.33. The minimum absolute atomic E-state index is 0.0755. The molecule has 0 saturated carbocycles. The van der Waals surface area contributed by atoms with Crippen molar-refractivity contribution < 1.29 is 23.4 Å². The fraction of sp³-hybridized carbons (Fsp3) is 0.381. The summed E-state index contributed by atoms with van der Waals surface area (Å²) in [5, 5.41) is 0. The van der Waals surface area contributed by atoms with Crippen LogP contribution in [-0.4, -0.2) is 62.7 Å². The van der Waals surface area contributed by atoms with E-state index in [1.54, 1.807) is 19.1 Å². The van der Waals surface area contributed by atoms with Gasteiger partial charge in [-0.25, -0.2) is 4.39 Å². The molecule has 1 saturated heterocycles. The number of carbonyl (C=O) groups excluding carboxylic acids is 1. The van der Waals surface area contributed by atoms with Crippen molar-refractivity contribution >= 4 is 21.8 Å². The Labute approximate surface area is 178 Å². The third kappa shape index (κ3) is 5.61. The smallest absolute Gasteiger partial charge is 0.260 e. The van der Waals surface area contributed by atoms with E-state index in [0.717, 1.165) is 36.7 Å². The fourth-order valence-corrected chi connectivity index (χ4v) is 3.69. The first-order chi connectivity index (χ1) is 14.0. The van der Waals surface area contributed by atoms with Gasteiger partial charge in [0.15, 0.2) is 6.61 Å². The van der Waals surface area contributed by atoms with E-state index in [9.17, 15) is 9.18 Å². The fourth-order valence-electron chi connectivity index (χ4n) is 3.22. The number of amides is 1. The van der Waals surface area contributed by atoms with Crippen molar-refractivity contribution in [2.24, 2.45) is 0 Å². The predicted molar refractivity (Wildman–Crippen MR) is 111 cm³/mol. The summed E-state index contributed by atoms with van der Waals surface area (Å²) in [6.07, 6.45) is 0. The van der Waals surface area contributed by atoms with E-state index >= 15 is 0 Å². The summed E-state index contributed by atoms with van der Waals surface area (Å²) in [7, 11) is 3.30. The van der Waals surface area contributed by atoms with Crippen LogP contribution in [0.5, 0.6) is 17.2 Å². The number of hydrogen-bond acceptors (Lipinski definition) is 5. The van der Waals surface area contributed by atoms with E-state index in [-0.39, 0.29) is 18.3 Å². The van der Waals surface area contributed by atoms with Gasteiger partial charge in [0.05, 0.1) is 18.7 Å². The number of hydrogen-bond donors (Lipinski definition) is 0. The minimum atomic E-state index is -0.362. The van der Waals surface area contributed by atoms with Crippen molar-refractivity contribution in [3.63, 3.8) is 0 Å². The lowest BCUT2D eigenvalue weighted by Gasteiger charge is -2.35. The first-order valence-electron chi connectivity index (χ1n) is 9.29. The van der Waals surface area contributed by atoms with Gasteiger partial charge in [-0.05, 0) is 52.3 Å². The summed E-state index contributed by atoms with van der Waals surface area (Å²) in [6.45, 7) is 3.41. The van der Waals surface area contributed by atoms with Crippen LogP contribution in [0.25, 0.3) is 0 Å². The Balaban J connectivity index is 1.50. The van der Waals surface area contributed by atoms with Gasteiger partial charge in [-0.15, -0.1) is 0 Å². The average Bonchev–Trinajstić information content (AvgIpc) is 2.73. The zero-order valence-corrected chi connectivity index (χ0v) is 18.1. The van der Waals surface area contributed by atoms with Gasteiger partial charge in [0.2, 0.25) is 0 Å².